The molecular formula is C43H41FGeIrN2O-2. The maximum absolute atomic E-state index is 13.7. The van der Waals surface area contributed by atoms with Crippen molar-refractivity contribution in [1.29, 1.82) is 0 Å². The van der Waals surface area contributed by atoms with Crippen LogP contribution >= 0.6 is 0 Å². The molecule has 0 saturated heterocycles. The van der Waals surface area contributed by atoms with Gasteiger partial charge in [0.05, 0.1) is 5.58 Å². The van der Waals surface area contributed by atoms with Gasteiger partial charge >= 0.3 is 120 Å². The van der Waals surface area contributed by atoms with Gasteiger partial charge in [-0.05, 0) is 66.9 Å². The Labute approximate surface area is 307 Å². The first kappa shape index (κ1) is 34.9. The molecule has 0 aliphatic heterocycles. The van der Waals surface area contributed by atoms with Gasteiger partial charge in [-0.25, -0.2) is 4.39 Å². The Hall–Kier alpha value is -3.90. The summed E-state index contributed by atoms with van der Waals surface area (Å²) in [4.78, 5) is 9.21. The van der Waals surface area contributed by atoms with E-state index in [-0.39, 0.29) is 25.9 Å². The largest absolute Gasteiger partial charge is 0 e. The average Bonchev–Trinajstić information content (AvgIpc) is 3.42. The minimum Gasteiger partial charge on any atom is 0 e. The predicted octanol–water partition coefficient (Wildman–Crippen LogP) is 11.4. The zero-order chi connectivity index (χ0) is 35.1. The fourth-order valence-electron chi connectivity index (χ4n) is 6.43. The number of nitrogens with zero attached hydrogens (tertiary/aromatic N) is 2. The molecule has 0 aliphatic rings. The second-order valence-electron chi connectivity index (χ2n) is 13.7. The number of pyridine rings is 2. The summed E-state index contributed by atoms with van der Waals surface area (Å²) in [5.41, 5.74) is 11.9. The number of fused-ring (bicyclic) bond motifs is 3. The molecule has 1 radical (unpaired) electrons. The molecule has 3 nitrogen and oxygen atoms in total. The van der Waals surface area contributed by atoms with Crippen LogP contribution in [0.5, 0.6) is 0 Å². The number of aryl methyl sites for hydroxylation is 3. The molecular weight excluding hydrogens is 844 g/mol. The van der Waals surface area contributed by atoms with Gasteiger partial charge in [0.15, 0.2) is 0 Å². The molecule has 0 unspecified atom stereocenters. The molecule has 4 aromatic carbocycles. The first-order chi connectivity index (χ1) is 23.2. The number of aromatic nitrogens is 2. The smallest absolute Gasteiger partial charge is 0 e. The van der Waals surface area contributed by atoms with Crippen molar-refractivity contribution in [2.75, 3.05) is 0 Å². The molecule has 0 N–H and O–H groups in total. The van der Waals surface area contributed by atoms with Crippen LogP contribution in [0.15, 0.2) is 102 Å². The molecule has 0 atom stereocenters. The Morgan fingerprint density at radius 3 is 2.24 bits per heavy atom. The standard InChI is InChI=1S/C26H19FNO.C17H22GeN.Ir/c1-15-11-16(2)25(17(3)12-15)18-9-10-28-23(13-18)22-6-4-5-21-20-8-7-19(27)14-24(20)29-26(21)22;1-13(2)15-11-17(14-9-7-6-8-10-14)19-12-16(15)18(3,4)5;/h4-5,7-14H,1-3H3;6-9,11-13H,1-5H3;/q2*-1;/i;13D;. The Morgan fingerprint density at radius 2 is 1.57 bits per heavy atom. The van der Waals surface area contributed by atoms with Gasteiger partial charge in [0.2, 0.25) is 0 Å². The van der Waals surface area contributed by atoms with Crippen LogP contribution in [0.1, 0.15) is 43.4 Å². The molecule has 0 aliphatic carbocycles. The van der Waals surface area contributed by atoms with Crippen LogP contribution in [0.2, 0.25) is 17.3 Å². The first-order valence-corrected chi connectivity index (χ1v) is 23.6. The minimum atomic E-state index is -2.03. The maximum atomic E-state index is 13.7. The summed E-state index contributed by atoms with van der Waals surface area (Å²) >= 11 is -2.03. The van der Waals surface area contributed by atoms with Crippen LogP contribution in [0.25, 0.3) is 55.6 Å². The van der Waals surface area contributed by atoms with Gasteiger partial charge in [0, 0.05) is 37.8 Å². The van der Waals surface area contributed by atoms with Crippen LogP contribution in [0, 0.1) is 38.7 Å². The molecule has 6 heteroatoms. The van der Waals surface area contributed by atoms with Crippen LogP contribution < -0.4 is 4.40 Å². The molecule has 0 bridgehead atoms. The Morgan fingerprint density at radius 1 is 0.816 bits per heavy atom. The third kappa shape index (κ3) is 7.80. The van der Waals surface area contributed by atoms with Crippen LogP contribution in [-0.4, -0.2) is 23.2 Å². The van der Waals surface area contributed by atoms with E-state index >= 15 is 0 Å². The summed E-state index contributed by atoms with van der Waals surface area (Å²) in [6.07, 6.45) is 3.82. The summed E-state index contributed by atoms with van der Waals surface area (Å²) in [6.45, 7) is 10.3. The predicted molar refractivity (Wildman–Crippen MR) is 201 cm³/mol. The molecule has 0 spiro atoms. The third-order valence-corrected chi connectivity index (χ3v) is 12.8. The second-order valence-corrected chi connectivity index (χ2v) is 24.3. The molecule has 0 fully saturated rings. The van der Waals surface area contributed by atoms with Gasteiger partial charge in [-0.15, -0.1) is 18.2 Å². The van der Waals surface area contributed by atoms with Crippen molar-refractivity contribution >= 4 is 39.6 Å². The first-order valence-electron chi connectivity index (χ1n) is 16.8. The molecule has 49 heavy (non-hydrogen) atoms. The van der Waals surface area contributed by atoms with E-state index in [1.54, 1.807) is 6.07 Å². The fourth-order valence-corrected chi connectivity index (χ4v) is 9.75. The zero-order valence-corrected chi connectivity index (χ0v) is 33.7. The van der Waals surface area contributed by atoms with E-state index in [0.29, 0.717) is 11.2 Å². The van der Waals surface area contributed by atoms with E-state index in [9.17, 15) is 4.39 Å². The van der Waals surface area contributed by atoms with Crippen LogP contribution in [0.4, 0.5) is 4.39 Å². The van der Waals surface area contributed by atoms with Crippen molar-refractivity contribution in [3.05, 3.63) is 138 Å². The quantitative estimate of drug-likeness (QED) is 0.128. The topological polar surface area (TPSA) is 38.9 Å². The summed E-state index contributed by atoms with van der Waals surface area (Å²) in [7, 11) is 0. The van der Waals surface area contributed by atoms with Gasteiger partial charge < -0.3 is 9.40 Å². The van der Waals surface area contributed by atoms with Crippen molar-refractivity contribution in [3.63, 3.8) is 0 Å². The number of halogens is 1. The number of rotatable bonds is 5. The minimum absolute atomic E-state index is 0. The Bertz CT molecular complexity index is 2280. The molecule has 251 valence electrons. The average molecular weight is 887 g/mol. The molecule has 7 rings (SSSR count). The SMILES string of the molecule is Cc1cc(C)c(-c2ccnc(-c3[c-]ccc4c3oc3cc(F)ccc34)c2)c(C)c1.[2H]C(C)(C)c1cc(-c2[c-]cccc2)nc[c]1[Ge]([CH3])([CH3])[CH3].[Ir]. The normalized spacial score (nSPS) is 11.9. The van der Waals surface area contributed by atoms with E-state index < -0.39 is 19.2 Å². The number of furan rings is 1. The molecule has 3 heterocycles. The summed E-state index contributed by atoms with van der Waals surface area (Å²) in [5.74, 6) is 6.13. The number of benzene rings is 4. The van der Waals surface area contributed by atoms with E-state index in [4.69, 9.17) is 5.79 Å². The third-order valence-electron chi connectivity index (χ3n) is 8.61. The van der Waals surface area contributed by atoms with Gasteiger partial charge in [0.1, 0.15) is 11.4 Å². The monoisotopic (exact) mass is 888 g/mol. The van der Waals surface area contributed by atoms with Crippen molar-refractivity contribution in [2.24, 2.45) is 0 Å². The fraction of sp³-hybridized carbons (Fsp3) is 0.209. The van der Waals surface area contributed by atoms with Crippen molar-refractivity contribution < 1.29 is 30.3 Å². The molecule has 7 aromatic rings. The maximum Gasteiger partial charge on any atom is 0 e. The van der Waals surface area contributed by atoms with E-state index in [1.165, 1.54) is 38.8 Å². The van der Waals surface area contributed by atoms with Gasteiger partial charge in [-0.1, -0.05) is 34.7 Å². The van der Waals surface area contributed by atoms with Gasteiger partial charge in [-0.2, -0.15) is 0 Å². The number of hydrogen-bond donors (Lipinski definition) is 0. The summed E-state index contributed by atoms with van der Waals surface area (Å²) < 4.78 is 29.4. The van der Waals surface area contributed by atoms with Crippen molar-refractivity contribution in [1.82, 2.24) is 9.97 Å². The van der Waals surface area contributed by atoms with Crippen molar-refractivity contribution in [3.8, 4) is 33.6 Å². The Kier molecular flexibility index (Phi) is 10.6. The van der Waals surface area contributed by atoms with Crippen LogP contribution in [0.3, 0.4) is 0 Å². The molecule has 0 saturated carbocycles. The van der Waals surface area contributed by atoms with E-state index in [0.717, 1.165) is 44.4 Å². The summed E-state index contributed by atoms with van der Waals surface area (Å²) in [6, 6.07) is 33.4. The van der Waals surface area contributed by atoms with E-state index in [1.807, 2.05) is 68.7 Å². The van der Waals surface area contributed by atoms with Crippen molar-refractivity contribution in [2.45, 2.75) is 57.8 Å². The number of hydrogen-bond acceptors (Lipinski definition) is 3. The molecule has 0 amide bonds. The van der Waals surface area contributed by atoms with Gasteiger partial charge in [0.25, 0.3) is 0 Å². The Balaban J connectivity index is 0.000000204. The molecule has 3 aromatic heterocycles. The second kappa shape index (κ2) is 14.9. The van der Waals surface area contributed by atoms with Crippen LogP contribution in [-0.2, 0) is 20.1 Å². The zero-order valence-electron chi connectivity index (χ0n) is 30.3. The van der Waals surface area contributed by atoms with E-state index in [2.05, 4.69) is 84.4 Å². The summed E-state index contributed by atoms with van der Waals surface area (Å²) in [5, 5.41) is 1.82. The van der Waals surface area contributed by atoms with Gasteiger partial charge in [-0.3, -0.25) is 0 Å².